The average Bonchev–Trinajstić information content (AvgIpc) is 2.40. The van der Waals surface area contributed by atoms with Crippen molar-refractivity contribution in [3.63, 3.8) is 0 Å². The minimum absolute atomic E-state index is 0.754. The molecular formula is C14H19N3. The number of aryl methyl sites for hydroxylation is 1. The van der Waals surface area contributed by atoms with Crippen molar-refractivity contribution in [1.82, 2.24) is 9.97 Å². The van der Waals surface area contributed by atoms with E-state index in [-0.39, 0.29) is 0 Å². The van der Waals surface area contributed by atoms with Crippen molar-refractivity contribution in [2.24, 2.45) is 0 Å². The van der Waals surface area contributed by atoms with Gasteiger partial charge in [-0.1, -0.05) is 19.9 Å². The zero-order valence-electron chi connectivity index (χ0n) is 10.6. The third-order valence-electron chi connectivity index (χ3n) is 2.11. The molecule has 17 heavy (non-hydrogen) atoms. The molecule has 0 aliphatic rings. The fraction of sp³-hybridized carbons (Fsp3) is 0.286. The highest BCUT2D eigenvalue weighted by atomic mass is 15.0. The van der Waals surface area contributed by atoms with Gasteiger partial charge in [0.15, 0.2) is 0 Å². The van der Waals surface area contributed by atoms with Crippen LogP contribution in [0, 0.1) is 6.92 Å². The first-order valence-corrected chi connectivity index (χ1v) is 5.90. The van der Waals surface area contributed by atoms with E-state index in [1.165, 1.54) is 5.56 Å². The number of anilines is 1. The number of pyridine rings is 2. The molecule has 0 unspecified atom stereocenters. The van der Waals surface area contributed by atoms with Crippen molar-refractivity contribution >= 4 is 5.82 Å². The first kappa shape index (κ1) is 13.2. The lowest BCUT2D eigenvalue weighted by Crippen LogP contribution is -2.01. The summed E-state index contributed by atoms with van der Waals surface area (Å²) in [7, 11) is 0. The van der Waals surface area contributed by atoms with Gasteiger partial charge >= 0.3 is 0 Å². The zero-order valence-corrected chi connectivity index (χ0v) is 10.6. The lowest BCUT2D eigenvalue weighted by atomic mass is 10.2. The Morgan fingerprint density at radius 1 is 1.18 bits per heavy atom. The smallest absolute Gasteiger partial charge is 0.126 e. The van der Waals surface area contributed by atoms with Crippen LogP contribution in [0.15, 0.2) is 42.9 Å². The zero-order chi connectivity index (χ0) is 12.5. The molecule has 0 atom stereocenters. The molecule has 0 aromatic carbocycles. The first-order valence-electron chi connectivity index (χ1n) is 5.90. The van der Waals surface area contributed by atoms with Gasteiger partial charge in [-0.25, -0.2) is 4.98 Å². The Morgan fingerprint density at radius 3 is 2.65 bits per heavy atom. The Hall–Kier alpha value is -1.90. The molecule has 0 aliphatic carbocycles. The van der Waals surface area contributed by atoms with E-state index in [0.29, 0.717) is 0 Å². The van der Waals surface area contributed by atoms with Crippen LogP contribution in [0.25, 0.3) is 0 Å². The summed E-state index contributed by atoms with van der Waals surface area (Å²) >= 11 is 0. The maximum atomic E-state index is 4.22. The Kier molecular flexibility index (Phi) is 5.72. The summed E-state index contributed by atoms with van der Waals surface area (Å²) in [4.78, 5) is 8.28. The second-order valence-corrected chi connectivity index (χ2v) is 3.43. The van der Waals surface area contributed by atoms with Crippen LogP contribution in [0.2, 0.25) is 0 Å². The van der Waals surface area contributed by atoms with Gasteiger partial charge < -0.3 is 5.32 Å². The van der Waals surface area contributed by atoms with Crippen LogP contribution in [0.5, 0.6) is 0 Å². The second kappa shape index (κ2) is 7.39. The van der Waals surface area contributed by atoms with E-state index in [1.54, 1.807) is 12.4 Å². The van der Waals surface area contributed by atoms with Gasteiger partial charge in [-0.05, 0) is 36.2 Å². The molecule has 0 amide bonds. The summed E-state index contributed by atoms with van der Waals surface area (Å²) in [5.41, 5.74) is 2.36. The van der Waals surface area contributed by atoms with Crippen molar-refractivity contribution in [3.05, 3.63) is 54.0 Å². The van der Waals surface area contributed by atoms with E-state index in [4.69, 9.17) is 0 Å². The van der Waals surface area contributed by atoms with Crippen LogP contribution in [0.3, 0.4) is 0 Å². The molecule has 90 valence electrons. The molecule has 2 heterocycles. The molecule has 0 saturated heterocycles. The molecule has 2 aromatic rings. The summed E-state index contributed by atoms with van der Waals surface area (Å²) in [5.74, 6) is 0.902. The fourth-order valence-corrected chi connectivity index (χ4v) is 1.33. The maximum Gasteiger partial charge on any atom is 0.126 e. The number of aromatic nitrogens is 2. The molecule has 0 saturated carbocycles. The van der Waals surface area contributed by atoms with Gasteiger partial charge in [0.2, 0.25) is 0 Å². The van der Waals surface area contributed by atoms with E-state index in [1.807, 2.05) is 44.3 Å². The monoisotopic (exact) mass is 229 g/mol. The molecule has 3 heteroatoms. The van der Waals surface area contributed by atoms with Gasteiger partial charge in [0, 0.05) is 25.1 Å². The normalized spacial score (nSPS) is 9.12. The van der Waals surface area contributed by atoms with Gasteiger partial charge in [-0.15, -0.1) is 0 Å². The second-order valence-electron chi connectivity index (χ2n) is 3.43. The average molecular weight is 229 g/mol. The molecule has 1 N–H and O–H groups in total. The van der Waals surface area contributed by atoms with Gasteiger partial charge in [0.1, 0.15) is 5.82 Å². The number of hydrogen-bond acceptors (Lipinski definition) is 3. The van der Waals surface area contributed by atoms with Crippen molar-refractivity contribution in [1.29, 1.82) is 0 Å². The Morgan fingerprint density at radius 2 is 2.00 bits per heavy atom. The fourth-order valence-electron chi connectivity index (χ4n) is 1.33. The van der Waals surface area contributed by atoms with Gasteiger partial charge in [-0.2, -0.15) is 0 Å². The third kappa shape index (κ3) is 4.64. The Balaban J connectivity index is 0.000000686. The van der Waals surface area contributed by atoms with E-state index in [9.17, 15) is 0 Å². The van der Waals surface area contributed by atoms with Crippen LogP contribution in [0.1, 0.15) is 25.0 Å². The first-order chi connectivity index (χ1) is 8.34. The van der Waals surface area contributed by atoms with Gasteiger partial charge in [0.05, 0.1) is 0 Å². The van der Waals surface area contributed by atoms with E-state index in [0.717, 1.165) is 17.9 Å². The minimum Gasteiger partial charge on any atom is -0.366 e. The number of hydrogen-bond donors (Lipinski definition) is 1. The largest absolute Gasteiger partial charge is 0.366 e. The van der Waals surface area contributed by atoms with E-state index in [2.05, 4.69) is 22.2 Å². The maximum absolute atomic E-state index is 4.22. The lowest BCUT2D eigenvalue weighted by molar-refractivity contribution is 1.08. The van der Waals surface area contributed by atoms with Crippen molar-refractivity contribution in [2.75, 3.05) is 5.32 Å². The molecular weight excluding hydrogens is 210 g/mol. The quantitative estimate of drug-likeness (QED) is 0.876. The number of nitrogens with zero attached hydrogens (tertiary/aromatic N) is 2. The highest BCUT2D eigenvalue weighted by Gasteiger charge is 1.94. The summed E-state index contributed by atoms with van der Waals surface area (Å²) < 4.78 is 0. The molecule has 0 spiro atoms. The van der Waals surface area contributed by atoms with Crippen LogP contribution >= 0.6 is 0 Å². The van der Waals surface area contributed by atoms with Crippen LogP contribution in [0.4, 0.5) is 5.82 Å². The molecule has 0 bridgehead atoms. The van der Waals surface area contributed by atoms with Gasteiger partial charge in [-0.3, -0.25) is 4.98 Å². The topological polar surface area (TPSA) is 37.8 Å². The highest BCUT2D eigenvalue weighted by Crippen LogP contribution is 2.07. The molecule has 0 fully saturated rings. The Labute approximate surface area is 103 Å². The predicted octanol–water partition coefficient (Wildman–Crippen LogP) is 3.42. The molecule has 2 rings (SSSR count). The molecule has 0 radical (unpaired) electrons. The summed E-state index contributed by atoms with van der Waals surface area (Å²) in [6.07, 6.45) is 5.43. The van der Waals surface area contributed by atoms with Crippen molar-refractivity contribution < 1.29 is 0 Å². The predicted molar refractivity (Wildman–Crippen MR) is 71.9 cm³/mol. The summed E-state index contributed by atoms with van der Waals surface area (Å²) in [6, 6.07) is 7.97. The van der Waals surface area contributed by atoms with Gasteiger partial charge in [0.25, 0.3) is 0 Å². The molecule has 0 aliphatic heterocycles. The summed E-state index contributed by atoms with van der Waals surface area (Å²) in [5, 5.41) is 3.25. The highest BCUT2D eigenvalue weighted by molar-refractivity contribution is 5.37. The molecule has 2 aromatic heterocycles. The van der Waals surface area contributed by atoms with Crippen LogP contribution in [-0.4, -0.2) is 9.97 Å². The lowest BCUT2D eigenvalue weighted by Gasteiger charge is -2.05. The van der Waals surface area contributed by atoms with Crippen LogP contribution < -0.4 is 5.32 Å². The summed E-state index contributed by atoms with van der Waals surface area (Å²) in [6.45, 7) is 6.81. The third-order valence-corrected chi connectivity index (χ3v) is 2.11. The van der Waals surface area contributed by atoms with Crippen LogP contribution in [-0.2, 0) is 6.54 Å². The molecule has 3 nitrogen and oxygen atoms in total. The SMILES string of the molecule is CC.Cc1ccnc(NCc2cccnc2)c1. The van der Waals surface area contributed by atoms with E-state index < -0.39 is 0 Å². The Bertz CT molecular complexity index is 426. The number of rotatable bonds is 3. The standard InChI is InChI=1S/C12H13N3.C2H6/c1-10-4-6-14-12(7-10)15-9-11-3-2-5-13-8-11;1-2/h2-8H,9H2,1H3,(H,14,15);1-2H3. The van der Waals surface area contributed by atoms with Crippen molar-refractivity contribution in [2.45, 2.75) is 27.3 Å². The van der Waals surface area contributed by atoms with Crippen molar-refractivity contribution in [3.8, 4) is 0 Å². The van der Waals surface area contributed by atoms with E-state index >= 15 is 0 Å². The minimum atomic E-state index is 0.754. The number of nitrogens with one attached hydrogen (secondary N) is 1.